The lowest BCUT2D eigenvalue weighted by atomic mass is 9.92. The van der Waals surface area contributed by atoms with E-state index in [4.69, 9.17) is 5.10 Å². The van der Waals surface area contributed by atoms with Crippen LogP contribution >= 0.6 is 0 Å². The molecule has 0 aliphatic carbocycles. The van der Waals surface area contributed by atoms with E-state index in [0.717, 1.165) is 29.8 Å². The summed E-state index contributed by atoms with van der Waals surface area (Å²) in [4.78, 5) is 13.0. The van der Waals surface area contributed by atoms with Crippen molar-refractivity contribution in [3.05, 3.63) is 76.5 Å². The molecule has 158 valence electrons. The first kappa shape index (κ1) is 21.8. The van der Waals surface area contributed by atoms with Gasteiger partial charge >= 0.3 is 0 Å². The Morgan fingerprint density at radius 3 is 2.40 bits per heavy atom. The third-order valence-electron chi connectivity index (χ3n) is 5.56. The van der Waals surface area contributed by atoms with Crippen LogP contribution in [0, 0.1) is 13.8 Å². The number of hydrogen-bond donors (Lipinski definition) is 1. The highest BCUT2D eigenvalue weighted by Crippen LogP contribution is 2.28. The molecule has 1 amide bonds. The molecule has 0 unspecified atom stereocenters. The second-order valence-electron chi connectivity index (χ2n) is 9.05. The van der Waals surface area contributed by atoms with Gasteiger partial charge in [0.05, 0.1) is 11.4 Å². The number of rotatable bonds is 6. The van der Waals surface area contributed by atoms with Crippen molar-refractivity contribution in [3.63, 3.8) is 0 Å². The molecule has 4 heteroatoms. The maximum Gasteiger partial charge on any atom is 0.256 e. The van der Waals surface area contributed by atoms with Crippen LogP contribution in [0.4, 0.5) is 5.82 Å². The molecule has 2 aromatic carbocycles. The van der Waals surface area contributed by atoms with Crippen molar-refractivity contribution in [2.45, 2.75) is 66.2 Å². The van der Waals surface area contributed by atoms with Crippen LogP contribution in [0.3, 0.4) is 0 Å². The van der Waals surface area contributed by atoms with Crippen molar-refractivity contribution in [2.24, 2.45) is 0 Å². The van der Waals surface area contributed by atoms with Crippen molar-refractivity contribution >= 4 is 11.7 Å². The molecule has 0 saturated heterocycles. The number of benzene rings is 2. The average Bonchev–Trinajstić information content (AvgIpc) is 3.13. The number of nitrogens with one attached hydrogen (secondary N) is 1. The molecule has 0 saturated carbocycles. The third-order valence-corrected chi connectivity index (χ3v) is 5.56. The van der Waals surface area contributed by atoms with Crippen molar-refractivity contribution < 1.29 is 4.79 Å². The average molecular weight is 404 g/mol. The van der Waals surface area contributed by atoms with E-state index < -0.39 is 0 Å². The van der Waals surface area contributed by atoms with Crippen molar-refractivity contribution in [3.8, 4) is 5.69 Å². The predicted octanol–water partition coefficient (Wildman–Crippen LogP) is 6.38. The van der Waals surface area contributed by atoms with Gasteiger partial charge in [-0.3, -0.25) is 4.79 Å². The van der Waals surface area contributed by atoms with E-state index in [-0.39, 0.29) is 11.3 Å². The van der Waals surface area contributed by atoms with Gasteiger partial charge in [-0.05, 0) is 61.6 Å². The molecule has 30 heavy (non-hydrogen) atoms. The Morgan fingerprint density at radius 2 is 1.77 bits per heavy atom. The molecule has 0 atom stereocenters. The molecule has 1 aromatic heterocycles. The topological polar surface area (TPSA) is 46.9 Å². The highest BCUT2D eigenvalue weighted by molar-refractivity contribution is 6.04. The molecule has 0 fully saturated rings. The first-order valence-corrected chi connectivity index (χ1v) is 10.8. The molecule has 4 nitrogen and oxygen atoms in total. The van der Waals surface area contributed by atoms with Crippen molar-refractivity contribution in [1.82, 2.24) is 9.78 Å². The Morgan fingerprint density at radius 1 is 1.07 bits per heavy atom. The number of hydrogen-bond acceptors (Lipinski definition) is 2. The Bertz CT molecular complexity index is 1020. The van der Waals surface area contributed by atoms with E-state index in [9.17, 15) is 4.79 Å². The van der Waals surface area contributed by atoms with E-state index in [0.29, 0.717) is 11.4 Å². The van der Waals surface area contributed by atoms with Gasteiger partial charge in [-0.2, -0.15) is 5.10 Å². The molecule has 3 aromatic rings. The third kappa shape index (κ3) is 4.81. The number of anilines is 1. The summed E-state index contributed by atoms with van der Waals surface area (Å²) >= 11 is 0. The van der Waals surface area contributed by atoms with Gasteiger partial charge in [0, 0.05) is 17.0 Å². The van der Waals surface area contributed by atoms with Gasteiger partial charge in [0.25, 0.3) is 5.91 Å². The molecular weight excluding hydrogens is 370 g/mol. The summed E-state index contributed by atoms with van der Waals surface area (Å²) < 4.78 is 1.86. The molecule has 1 heterocycles. The van der Waals surface area contributed by atoms with Crippen molar-refractivity contribution in [1.29, 1.82) is 0 Å². The highest BCUT2D eigenvalue weighted by atomic mass is 16.1. The fourth-order valence-corrected chi connectivity index (χ4v) is 3.38. The van der Waals surface area contributed by atoms with E-state index in [1.165, 1.54) is 17.5 Å². The van der Waals surface area contributed by atoms with Crippen LogP contribution in [0.1, 0.15) is 73.3 Å². The van der Waals surface area contributed by atoms with E-state index in [1.807, 2.05) is 47.1 Å². The summed E-state index contributed by atoms with van der Waals surface area (Å²) in [6, 6.07) is 16.0. The SMILES string of the molecule is CCCCc1ccc(C(=O)Nc2cc(C(C)(C)C)nn2-c2cccc(C)c2C)cc1. The highest BCUT2D eigenvalue weighted by Gasteiger charge is 2.22. The normalized spacial score (nSPS) is 11.5. The number of aromatic nitrogens is 2. The first-order chi connectivity index (χ1) is 14.2. The number of amides is 1. The van der Waals surface area contributed by atoms with E-state index in [1.54, 1.807) is 0 Å². The summed E-state index contributed by atoms with van der Waals surface area (Å²) in [5.74, 6) is 0.567. The minimum absolute atomic E-state index is 0.121. The molecule has 0 aliphatic heterocycles. The lowest BCUT2D eigenvalue weighted by Crippen LogP contribution is -2.16. The fourth-order valence-electron chi connectivity index (χ4n) is 3.38. The quantitative estimate of drug-likeness (QED) is 0.519. The Labute approximate surface area is 180 Å². The van der Waals surface area contributed by atoms with Gasteiger partial charge in [0.2, 0.25) is 0 Å². The van der Waals surface area contributed by atoms with Gasteiger partial charge in [-0.1, -0.05) is 58.4 Å². The van der Waals surface area contributed by atoms with Gasteiger partial charge in [-0.25, -0.2) is 4.68 Å². The van der Waals surface area contributed by atoms with Crippen LogP contribution in [0.15, 0.2) is 48.5 Å². The Kier molecular flexibility index (Phi) is 6.45. The zero-order valence-corrected chi connectivity index (χ0v) is 19.0. The van der Waals surface area contributed by atoms with Crippen LogP contribution in [-0.2, 0) is 11.8 Å². The zero-order valence-electron chi connectivity index (χ0n) is 19.0. The molecule has 0 bridgehead atoms. The molecule has 0 radical (unpaired) electrons. The number of carbonyl (C=O) groups is 1. The Hall–Kier alpha value is -2.88. The maximum absolute atomic E-state index is 13.0. The maximum atomic E-state index is 13.0. The number of carbonyl (C=O) groups excluding carboxylic acids is 1. The van der Waals surface area contributed by atoms with Gasteiger partial charge in [0.1, 0.15) is 5.82 Å². The molecule has 0 spiro atoms. The molecule has 1 N–H and O–H groups in total. The largest absolute Gasteiger partial charge is 0.306 e. The summed E-state index contributed by atoms with van der Waals surface area (Å²) in [5, 5.41) is 7.94. The molecular formula is C26H33N3O. The van der Waals surface area contributed by atoms with Crippen LogP contribution in [0.25, 0.3) is 5.69 Å². The minimum atomic E-state index is -0.122. The summed E-state index contributed by atoms with van der Waals surface area (Å²) in [5.41, 5.74) is 6.06. The zero-order chi connectivity index (χ0) is 21.9. The van der Waals surface area contributed by atoms with E-state index >= 15 is 0 Å². The molecule has 3 rings (SSSR count). The van der Waals surface area contributed by atoms with Gasteiger partial charge in [0.15, 0.2) is 0 Å². The monoisotopic (exact) mass is 403 g/mol. The van der Waals surface area contributed by atoms with Gasteiger partial charge in [-0.15, -0.1) is 0 Å². The van der Waals surface area contributed by atoms with Crippen LogP contribution in [0.5, 0.6) is 0 Å². The smallest absolute Gasteiger partial charge is 0.256 e. The summed E-state index contributed by atoms with van der Waals surface area (Å²) in [6.45, 7) is 12.7. The van der Waals surface area contributed by atoms with Crippen LogP contribution in [-0.4, -0.2) is 15.7 Å². The fraction of sp³-hybridized carbons (Fsp3) is 0.385. The minimum Gasteiger partial charge on any atom is -0.306 e. The second-order valence-corrected chi connectivity index (χ2v) is 9.05. The van der Waals surface area contributed by atoms with Crippen molar-refractivity contribution in [2.75, 3.05) is 5.32 Å². The van der Waals surface area contributed by atoms with Crippen LogP contribution < -0.4 is 5.32 Å². The number of aryl methyl sites for hydroxylation is 2. The van der Waals surface area contributed by atoms with E-state index in [2.05, 4.69) is 52.9 Å². The second kappa shape index (κ2) is 8.86. The first-order valence-electron chi connectivity index (χ1n) is 10.8. The lowest BCUT2D eigenvalue weighted by molar-refractivity contribution is 0.102. The number of unbranched alkanes of at least 4 members (excludes halogenated alkanes) is 1. The lowest BCUT2D eigenvalue weighted by Gasteiger charge is -2.15. The Balaban J connectivity index is 1.94. The summed E-state index contributed by atoms with van der Waals surface area (Å²) in [6.07, 6.45) is 3.38. The standard InChI is InChI=1S/C26H33N3O/c1-7-8-11-20-13-15-21(16-14-20)25(30)27-24-17-23(26(4,5)6)28-29(24)22-12-9-10-18(2)19(22)3/h9-10,12-17H,7-8,11H2,1-6H3,(H,27,30). The summed E-state index contributed by atoms with van der Waals surface area (Å²) in [7, 11) is 0. The predicted molar refractivity (Wildman–Crippen MR) is 125 cm³/mol. The van der Waals surface area contributed by atoms with Gasteiger partial charge < -0.3 is 5.32 Å². The van der Waals surface area contributed by atoms with Crippen LogP contribution in [0.2, 0.25) is 0 Å². The number of nitrogens with zero attached hydrogens (tertiary/aromatic N) is 2. The molecule has 0 aliphatic rings.